The second-order valence-electron chi connectivity index (χ2n) is 7.87. The Bertz CT molecular complexity index is 940. The molecule has 1 N–H and O–H groups in total. The molecule has 1 saturated heterocycles. The van der Waals surface area contributed by atoms with Crippen LogP contribution < -0.4 is 10.2 Å². The van der Waals surface area contributed by atoms with Crippen LogP contribution in [0.2, 0.25) is 0 Å². The molecule has 2 aromatic rings. The van der Waals surface area contributed by atoms with E-state index in [2.05, 4.69) is 22.0 Å². The first-order chi connectivity index (χ1) is 14.8. The first-order valence-electron chi connectivity index (χ1n) is 10.4. The molecule has 0 spiro atoms. The summed E-state index contributed by atoms with van der Waals surface area (Å²) in [7, 11) is 1.37. The topological polar surface area (TPSA) is 79.0 Å². The molecule has 7 nitrogen and oxygen atoms in total. The number of nitrogens with zero attached hydrogens (tertiary/aromatic N) is 2. The number of methoxy groups -OCH3 is 1. The van der Waals surface area contributed by atoms with Crippen molar-refractivity contribution in [2.75, 3.05) is 37.0 Å². The molecule has 0 bridgehead atoms. The van der Waals surface area contributed by atoms with Gasteiger partial charge >= 0.3 is 5.97 Å². The van der Waals surface area contributed by atoms with E-state index in [4.69, 9.17) is 4.74 Å². The first kappa shape index (κ1) is 22.5. The number of benzene rings is 2. The van der Waals surface area contributed by atoms with Crippen LogP contribution in [0.5, 0.6) is 0 Å². The van der Waals surface area contributed by atoms with Crippen molar-refractivity contribution in [1.29, 1.82) is 0 Å². The van der Waals surface area contributed by atoms with E-state index >= 15 is 0 Å². The molecule has 3 rings (SSSR count). The summed E-state index contributed by atoms with van der Waals surface area (Å²) in [6.07, 6.45) is 0. The van der Waals surface area contributed by atoms with Crippen molar-refractivity contribution in [3.63, 3.8) is 0 Å². The third kappa shape index (κ3) is 5.30. The van der Waals surface area contributed by atoms with Gasteiger partial charge in [0.2, 0.25) is 5.91 Å². The Hall–Kier alpha value is -3.19. The average Bonchev–Trinajstić information content (AvgIpc) is 2.78. The predicted molar refractivity (Wildman–Crippen MR) is 121 cm³/mol. The lowest BCUT2D eigenvalue weighted by Gasteiger charge is -2.43. The van der Waals surface area contributed by atoms with Crippen molar-refractivity contribution in [2.24, 2.45) is 0 Å². The molecule has 0 aromatic heterocycles. The van der Waals surface area contributed by atoms with Crippen molar-refractivity contribution in [1.82, 2.24) is 4.90 Å². The minimum Gasteiger partial charge on any atom is -0.465 e. The Balaban J connectivity index is 1.58. The molecule has 7 heteroatoms. The molecule has 1 fully saturated rings. The van der Waals surface area contributed by atoms with Gasteiger partial charge in [-0.3, -0.25) is 14.5 Å². The molecule has 1 aliphatic heterocycles. The van der Waals surface area contributed by atoms with Crippen LogP contribution in [0.15, 0.2) is 48.5 Å². The molecule has 0 saturated carbocycles. The number of carbonyl (C=O) groups excluding carboxylic acids is 3. The van der Waals surface area contributed by atoms with E-state index < -0.39 is 0 Å². The minimum atomic E-state index is -0.347. The van der Waals surface area contributed by atoms with Gasteiger partial charge in [-0.05, 0) is 69.3 Å². The SMILES string of the molecule is COC(=O)c1ccc(N2CCN(C(C)C(=O)Nc3ccc(C(C)=O)cc3)C(C)C2)cc1. The van der Waals surface area contributed by atoms with Crippen LogP contribution in [-0.2, 0) is 9.53 Å². The Kier molecular flexibility index (Phi) is 7.07. The number of carbonyl (C=O) groups is 3. The Morgan fingerprint density at radius 1 is 1.00 bits per heavy atom. The monoisotopic (exact) mass is 423 g/mol. The summed E-state index contributed by atoms with van der Waals surface area (Å²) in [5, 5.41) is 2.94. The number of esters is 1. The van der Waals surface area contributed by atoms with E-state index in [0.29, 0.717) is 16.8 Å². The average molecular weight is 424 g/mol. The highest BCUT2D eigenvalue weighted by Crippen LogP contribution is 2.22. The summed E-state index contributed by atoms with van der Waals surface area (Å²) in [6.45, 7) is 7.86. The lowest BCUT2D eigenvalue weighted by atomic mass is 10.1. The molecule has 31 heavy (non-hydrogen) atoms. The summed E-state index contributed by atoms with van der Waals surface area (Å²) in [5.74, 6) is -0.420. The van der Waals surface area contributed by atoms with Crippen molar-refractivity contribution in [3.05, 3.63) is 59.7 Å². The number of hydrogen-bond acceptors (Lipinski definition) is 6. The molecular formula is C24H29N3O4. The summed E-state index contributed by atoms with van der Waals surface area (Å²) in [6, 6.07) is 14.2. The number of piperazine rings is 1. The molecule has 1 amide bonds. The van der Waals surface area contributed by atoms with E-state index in [9.17, 15) is 14.4 Å². The largest absolute Gasteiger partial charge is 0.465 e. The standard InChI is InChI=1S/C24H29N3O4/c1-16-15-26(22-11-7-20(8-12-22)24(30)31-4)13-14-27(16)17(2)23(29)25-21-9-5-19(6-10-21)18(3)28/h5-12,16-17H,13-15H2,1-4H3,(H,25,29). The third-order valence-electron chi connectivity index (χ3n) is 5.77. The maximum Gasteiger partial charge on any atom is 0.337 e. The van der Waals surface area contributed by atoms with Gasteiger partial charge in [0.15, 0.2) is 5.78 Å². The molecule has 2 aromatic carbocycles. The highest BCUT2D eigenvalue weighted by atomic mass is 16.5. The summed E-state index contributed by atoms with van der Waals surface area (Å²) < 4.78 is 4.75. The molecule has 0 radical (unpaired) electrons. The van der Waals surface area contributed by atoms with Gasteiger partial charge in [-0.2, -0.15) is 0 Å². The van der Waals surface area contributed by atoms with E-state index in [1.807, 2.05) is 19.1 Å². The minimum absolute atomic E-state index is 0.00197. The second kappa shape index (κ2) is 9.75. The van der Waals surface area contributed by atoms with Gasteiger partial charge in [-0.15, -0.1) is 0 Å². The molecule has 0 aliphatic carbocycles. The maximum atomic E-state index is 12.8. The lowest BCUT2D eigenvalue weighted by molar-refractivity contribution is -0.121. The highest BCUT2D eigenvalue weighted by Gasteiger charge is 2.31. The van der Waals surface area contributed by atoms with E-state index in [-0.39, 0.29) is 29.7 Å². The third-order valence-corrected chi connectivity index (χ3v) is 5.77. The van der Waals surface area contributed by atoms with Gasteiger partial charge in [0, 0.05) is 42.6 Å². The molecule has 1 aliphatic rings. The Morgan fingerprint density at radius 3 is 2.16 bits per heavy atom. The van der Waals surface area contributed by atoms with E-state index in [1.165, 1.54) is 14.0 Å². The van der Waals surface area contributed by atoms with Gasteiger partial charge in [0.05, 0.1) is 18.7 Å². The van der Waals surface area contributed by atoms with Crippen LogP contribution in [0.25, 0.3) is 0 Å². The number of ether oxygens (including phenoxy) is 1. The lowest BCUT2D eigenvalue weighted by Crippen LogP contribution is -2.57. The van der Waals surface area contributed by atoms with Crippen molar-refractivity contribution < 1.29 is 19.1 Å². The van der Waals surface area contributed by atoms with Crippen LogP contribution in [0.4, 0.5) is 11.4 Å². The molecule has 1 heterocycles. The fourth-order valence-corrected chi connectivity index (χ4v) is 3.89. The zero-order chi connectivity index (χ0) is 22.5. The number of anilines is 2. The zero-order valence-corrected chi connectivity index (χ0v) is 18.4. The van der Waals surface area contributed by atoms with E-state index in [0.717, 1.165) is 25.3 Å². The number of amides is 1. The Morgan fingerprint density at radius 2 is 1.61 bits per heavy atom. The van der Waals surface area contributed by atoms with Crippen LogP contribution in [0.1, 0.15) is 41.5 Å². The van der Waals surface area contributed by atoms with Gasteiger partial charge in [-0.1, -0.05) is 0 Å². The van der Waals surface area contributed by atoms with Crippen molar-refractivity contribution >= 4 is 29.0 Å². The fraction of sp³-hybridized carbons (Fsp3) is 0.375. The molecule has 2 atom stereocenters. The number of hydrogen-bond donors (Lipinski definition) is 1. The molecule has 2 unspecified atom stereocenters. The first-order valence-corrected chi connectivity index (χ1v) is 10.4. The zero-order valence-electron chi connectivity index (χ0n) is 18.4. The number of Topliss-reactive ketones (excluding diaryl/α,β-unsaturated/α-hetero) is 1. The normalized spacial score (nSPS) is 17.7. The molecular weight excluding hydrogens is 394 g/mol. The van der Waals surface area contributed by atoms with Crippen LogP contribution in [-0.4, -0.2) is 61.4 Å². The Labute approximate surface area is 183 Å². The summed E-state index contributed by atoms with van der Waals surface area (Å²) in [4.78, 5) is 40.2. The predicted octanol–water partition coefficient (Wildman–Crippen LogP) is 3.21. The van der Waals surface area contributed by atoms with Gasteiger partial charge in [0.1, 0.15) is 0 Å². The summed E-state index contributed by atoms with van der Waals surface area (Å²) >= 11 is 0. The quantitative estimate of drug-likeness (QED) is 0.568. The van der Waals surface area contributed by atoms with Gasteiger partial charge in [0.25, 0.3) is 0 Å². The van der Waals surface area contributed by atoms with Crippen LogP contribution in [0, 0.1) is 0 Å². The van der Waals surface area contributed by atoms with Gasteiger partial charge in [-0.25, -0.2) is 4.79 Å². The van der Waals surface area contributed by atoms with Gasteiger partial charge < -0.3 is 15.0 Å². The van der Waals surface area contributed by atoms with E-state index in [1.54, 1.807) is 36.4 Å². The van der Waals surface area contributed by atoms with Crippen LogP contribution in [0.3, 0.4) is 0 Å². The smallest absolute Gasteiger partial charge is 0.337 e. The van der Waals surface area contributed by atoms with Crippen molar-refractivity contribution in [2.45, 2.75) is 32.9 Å². The number of nitrogens with one attached hydrogen (secondary N) is 1. The van der Waals surface area contributed by atoms with Crippen LogP contribution >= 0.6 is 0 Å². The maximum absolute atomic E-state index is 12.8. The second-order valence-corrected chi connectivity index (χ2v) is 7.87. The van der Waals surface area contributed by atoms with Crippen molar-refractivity contribution in [3.8, 4) is 0 Å². The highest BCUT2D eigenvalue weighted by molar-refractivity contribution is 5.97. The number of rotatable bonds is 6. The molecule has 164 valence electrons. The number of ketones is 1. The fourth-order valence-electron chi connectivity index (χ4n) is 3.89. The summed E-state index contributed by atoms with van der Waals surface area (Å²) in [5.41, 5.74) is 2.87.